The summed E-state index contributed by atoms with van der Waals surface area (Å²) >= 11 is 0. The third kappa shape index (κ3) is 5.50. The number of rotatable bonds is 7. The van der Waals surface area contributed by atoms with Crippen molar-refractivity contribution >= 4 is 31.3 Å². The second-order valence-corrected chi connectivity index (χ2v) is 9.73. The van der Waals surface area contributed by atoms with Crippen LogP contribution in [0.3, 0.4) is 0 Å². The molecule has 3 aromatic carbocycles. The Kier molecular flexibility index (Phi) is 6.12. The number of benzene rings is 3. The number of primary sulfonamides is 1. The molecule has 0 bridgehead atoms. The first kappa shape index (κ1) is 20.7. The molecule has 3 N–H and O–H groups in total. The molecule has 0 aromatic heterocycles. The van der Waals surface area contributed by atoms with Gasteiger partial charge in [0.15, 0.2) is 9.84 Å². The molecule has 0 unspecified atom stereocenters. The highest BCUT2D eigenvalue weighted by Gasteiger charge is 2.19. The van der Waals surface area contributed by atoms with Gasteiger partial charge in [-0.25, -0.2) is 22.0 Å². The quantitative estimate of drug-likeness (QED) is 0.442. The number of sulfonamides is 1. The van der Waals surface area contributed by atoms with Crippen molar-refractivity contribution in [2.24, 2.45) is 10.2 Å². The Hall–Kier alpha value is -3.01. The predicted octanol–water partition coefficient (Wildman–Crippen LogP) is 2.62. The number of nitrogens with zero attached hydrogens (tertiary/aromatic N) is 1. The van der Waals surface area contributed by atoms with Crippen LogP contribution in [0.25, 0.3) is 0 Å². The molecule has 0 saturated heterocycles. The van der Waals surface area contributed by atoms with E-state index in [1.165, 1.54) is 36.4 Å². The van der Waals surface area contributed by atoms with Crippen molar-refractivity contribution in [1.29, 1.82) is 0 Å². The van der Waals surface area contributed by atoms with Crippen LogP contribution in [0.15, 0.2) is 99.8 Å². The topological polar surface area (TPSA) is 119 Å². The molecule has 0 radical (unpaired) electrons. The second-order valence-electron chi connectivity index (χ2n) is 6.18. The number of nitrogens with two attached hydrogens (primary N) is 1. The number of hydrazone groups is 1. The van der Waals surface area contributed by atoms with E-state index in [0.29, 0.717) is 17.0 Å². The summed E-state index contributed by atoms with van der Waals surface area (Å²) in [7, 11) is -7.40. The zero-order valence-electron chi connectivity index (χ0n) is 15.3. The first-order valence-electron chi connectivity index (χ1n) is 8.54. The maximum Gasteiger partial charge on any atom is 0.238 e. The molecule has 3 rings (SSSR count). The molecule has 3 aromatic rings. The molecule has 0 heterocycles. The highest BCUT2D eigenvalue weighted by molar-refractivity contribution is 7.92. The van der Waals surface area contributed by atoms with E-state index in [9.17, 15) is 16.8 Å². The minimum atomic E-state index is -3.79. The zero-order valence-corrected chi connectivity index (χ0v) is 16.9. The van der Waals surface area contributed by atoms with Gasteiger partial charge in [0.1, 0.15) is 0 Å². The van der Waals surface area contributed by atoms with Crippen LogP contribution >= 0.6 is 0 Å². The SMILES string of the molecule is NS(=O)(=O)c1ccc(N/N=C(/CS(=O)(=O)c2ccccc2)c2ccccc2)cc1. The molecule has 0 spiro atoms. The Labute approximate surface area is 169 Å². The summed E-state index contributed by atoms with van der Waals surface area (Å²) in [4.78, 5) is 0.183. The lowest BCUT2D eigenvalue weighted by atomic mass is 10.1. The van der Waals surface area contributed by atoms with E-state index in [-0.39, 0.29) is 15.5 Å². The van der Waals surface area contributed by atoms with Gasteiger partial charge in [0.05, 0.1) is 26.9 Å². The van der Waals surface area contributed by atoms with Gasteiger partial charge in [0, 0.05) is 0 Å². The molecule has 0 aliphatic rings. The van der Waals surface area contributed by atoms with E-state index in [1.807, 2.05) is 6.07 Å². The smallest absolute Gasteiger partial charge is 0.238 e. The molecule has 150 valence electrons. The van der Waals surface area contributed by atoms with Gasteiger partial charge in [0.2, 0.25) is 10.0 Å². The van der Waals surface area contributed by atoms with Crippen molar-refractivity contribution in [3.63, 3.8) is 0 Å². The van der Waals surface area contributed by atoms with Crippen LogP contribution in [-0.4, -0.2) is 28.3 Å². The van der Waals surface area contributed by atoms with Gasteiger partial charge in [0.25, 0.3) is 0 Å². The Morgan fingerprint density at radius 3 is 1.86 bits per heavy atom. The average molecular weight is 430 g/mol. The Bertz CT molecular complexity index is 1210. The van der Waals surface area contributed by atoms with Crippen LogP contribution in [0.2, 0.25) is 0 Å². The van der Waals surface area contributed by atoms with Gasteiger partial charge < -0.3 is 0 Å². The van der Waals surface area contributed by atoms with Crippen LogP contribution in [-0.2, 0) is 19.9 Å². The molecule has 0 aliphatic carbocycles. The molecule has 29 heavy (non-hydrogen) atoms. The van der Waals surface area contributed by atoms with Crippen LogP contribution in [0, 0.1) is 0 Å². The number of nitrogens with one attached hydrogen (secondary N) is 1. The summed E-state index contributed by atoms with van der Waals surface area (Å²) in [6.07, 6.45) is 0. The third-order valence-electron chi connectivity index (χ3n) is 4.04. The van der Waals surface area contributed by atoms with Crippen molar-refractivity contribution in [1.82, 2.24) is 0 Å². The van der Waals surface area contributed by atoms with Gasteiger partial charge in [-0.3, -0.25) is 5.43 Å². The summed E-state index contributed by atoms with van der Waals surface area (Å²) in [5.41, 5.74) is 4.25. The Morgan fingerprint density at radius 2 is 1.31 bits per heavy atom. The highest BCUT2D eigenvalue weighted by atomic mass is 32.2. The lowest BCUT2D eigenvalue weighted by molar-refractivity contribution is 0.596. The normalized spacial score (nSPS) is 12.5. The minimum Gasteiger partial charge on any atom is -0.278 e. The van der Waals surface area contributed by atoms with Crippen molar-refractivity contribution in [2.45, 2.75) is 9.79 Å². The summed E-state index contributed by atoms with van der Waals surface area (Å²) < 4.78 is 48.3. The first-order chi connectivity index (χ1) is 13.8. The molecule has 0 fully saturated rings. The summed E-state index contributed by atoms with van der Waals surface area (Å²) in [5, 5.41) is 9.36. The maximum atomic E-state index is 12.8. The number of hydrogen-bond donors (Lipinski definition) is 2. The molecule has 0 atom stereocenters. The van der Waals surface area contributed by atoms with E-state index in [2.05, 4.69) is 10.5 Å². The Balaban J connectivity index is 1.90. The predicted molar refractivity (Wildman–Crippen MR) is 113 cm³/mol. The third-order valence-corrected chi connectivity index (χ3v) is 6.61. The van der Waals surface area contributed by atoms with Crippen LogP contribution in [0.5, 0.6) is 0 Å². The fourth-order valence-electron chi connectivity index (χ4n) is 2.55. The second kappa shape index (κ2) is 8.56. The largest absolute Gasteiger partial charge is 0.278 e. The monoisotopic (exact) mass is 429 g/mol. The number of sulfone groups is 1. The van der Waals surface area contributed by atoms with Gasteiger partial charge >= 0.3 is 0 Å². The number of hydrogen-bond acceptors (Lipinski definition) is 6. The molecule has 9 heteroatoms. The number of anilines is 1. The van der Waals surface area contributed by atoms with E-state index >= 15 is 0 Å². The summed E-state index contributed by atoms with van der Waals surface area (Å²) in [6, 6.07) is 22.8. The highest BCUT2D eigenvalue weighted by Crippen LogP contribution is 2.16. The first-order valence-corrected chi connectivity index (χ1v) is 11.7. The van der Waals surface area contributed by atoms with Crippen molar-refractivity contribution in [2.75, 3.05) is 11.2 Å². The Morgan fingerprint density at radius 1 is 0.759 bits per heavy atom. The average Bonchev–Trinajstić information content (AvgIpc) is 2.72. The summed E-state index contributed by atoms with van der Waals surface area (Å²) in [6.45, 7) is 0. The van der Waals surface area contributed by atoms with Crippen LogP contribution in [0.1, 0.15) is 5.56 Å². The minimum absolute atomic E-state index is 0.0260. The van der Waals surface area contributed by atoms with Crippen molar-refractivity contribution < 1.29 is 16.8 Å². The lowest BCUT2D eigenvalue weighted by Gasteiger charge is -2.10. The molecular weight excluding hydrogens is 410 g/mol. The van der Waals surface area contributed by atoms with E-state index < -0.39 is 19.9 Å². The lowest BCUT2D eigenvalue weighted by Crippen LogP contribution is -2.19. The van der Waals surface area contributed by atoms with Gasteiger partial charge in [-0.2, -0.15) is 5.10 Å². The summed E-state index contributed by atoms with van der Waals surface area (Å²) in [5.74, 6) is -0.302. The molecule has 0 aliphatic heterocycles. The van der Waals surface area contributed by atoms with Crippen LogP contribution in [0.4, 0.5) is 5.69 Å². The maximum absolute atomic E-state index is 12.8. The van der Waals surface area contributed by atoms with Gasteiger partial charge in [-0.05, 0) is 42.0 Å². The van der Waals surface area contributed by atoms with Crippen molar-refractivity contribution in [3.8, 4) is 0 Å². The standard InChI is InChI=1S/C20H19N3O4S2/c21-29(26,27)19-13-11-17(12-14-19)22-23-20(16-7-3-1-4-8-16)15-28(24,25)18-9-5-2-6-10-18/h1-14,22H,15H2,(H2,21,26,27)/b23-20-. The van der Waals surface area contributed by atoms with Crippen LogP contribution < -0.4 is 10.6 Å². The fraction of sp³-hybridized carbons (Fsp3) is 0.0500. The zero-order chi connectivity index (χ0) is 20.9. The van der Waals surface area contributed by atoms with Gasteiger partial charge in [-0.1, -0.05) is 48.5 Å². The van der Waals surface area contributed by atoms with E-state index in [1.54, 1.807) is 42.5 Å². The molecule has 0 saturated carbocycles. The van der Waals surface area contributed by atoms with Crippen molar-refractivity contribution in [3.05, 3.63) is 90.5 Å². The molecule has 0 amide bonds. The molecular formula is C20H19N3O4S2. The van der Waals surface area contributed by atoms with Gasteiger partial charge in [-0.15, -0.1) is 0 Å². The fourth-order valence-corrected chi connectivity index (χ4v) is 4.40. The molecule has 7 nitrogen and oxygen atoms in total. The van der Waals surface area contributed by atoms with E-state index in [0.717, 1.165) is 0 Å². The van der Waals surface area contributed by atoms with E-state index in [4.69, 9.17) is 5.14 Å².